The summed E-state index contributed by atoms with van der Waals surface area (Å²) in [6, 6.07) is 12.2. The molecule has 0 bridgehead atoms. The molecule has 0 aliphatic carbocycles. The van der Waals surface area contributed by atoms with E-state index in [0.29, 0.717) is 16.3 Å². The molecule has 6 nitrogen and oxygen atoms in total. The molecule has 0 fully saturated rings. The zero-order valence-electron chi connectivity index (χ0n) is 14.2. The van der Waals surface area contributed by atoms with Crippen molar-refractivity contribution in [1.82, 2.24) is 4.98 Å². The molecule has 3 aromatic rings. The van der Waals surface area contributed by atoms with Crippen LogP contribution >= 0.6 is 11.3 Å². The summed E-state index contributed by atoms with van der Waals surface area (Å²) in [6.07, 6.45) is 2.81. The first-order valence-electron chi connectivity index (χ1n) is 7.71. The summed E-state index contributed by atoms with van der Waals surface area (Å²) in [5, 5.41) is 4.70. The molecule has 0 aliphatic heterocycles. The number of anilines is 2. The molecule has 1 aromatic carbocycles. The molecule has 0 aliphatic rings. The fourth-order valence-electron chi connectivity index (χ4n) is 2.45. The average molecular weight is 387 g/mol. The molecule has 0 saturated carbocycles. The number of amides is 1. The number of rotatable bonds is 5. The van der Waals surface area contributed by atoms with E-state index >= 15 is 0 Å². The van der Waals surface area contributed by atoms with Crippen LogP contribution in [0.15, 0.2) is 54.0 Å². The molecule has 2 aromatic heterocycles. The van der Waals surface area contributed by atoms with E-state index < -0.39 is 10.0 Å². The van der Waals surface area contributed by atoms with Crippen molar-refractivity contribution in [2.45, 2.75) is 6.92 Å². The Morgan fingerprint density at radius 1 is 1.12 bits per heavy atom. The Bertz CT molecular complexity index is 1060. The van der Waals surface area contributed by atoms with Gasteiger partial charge in [-0.25, -0.2) is 8.42 Å². The maximum absolute atomic E-state index is 12.5. The van der Waals surface area contributed by atoms with Crippen molar-refractivity contribution >= 4 is 38.6 Å². The number of nitrogens with one attached hydrogen (secondary N) is 2. The van der Waals surface area contributed by atoms with E-state index in [1.807, 2.05) is 30.5 Å². The van der Waals surface area contributed by atoms with Crippen LogP contribution < -0.4 is 10.0 Å². The van der Waals surface area contributed by atoms with Crippen LogP contribution in [0.25, 0.3) is 11.1 Å². The maximum atomic E-state index is 12.5. The molecule has 2 N–H and O–H groups in total. The third kappa shape index (κ3) is 4.47. The molecule has 1 amide bonds. The van der Waals surface area contributed by atoms with E-state index in [-0.39, 0.29) is 5.91 Å². The zero-order chi connectivity index (χ0) is 18.7. The Balaban J connectivity index is 1.77. The van der Waals surface area contributed by atoms with Crippen molar-refractivity contribution < 1.29 is 13.2 Å². The number of hydrogen-bond donors (Lipinski definition) is 2. The van der Waals surface area contributed by atoms with E-state index in [0.717, 1.165) is 23.1 Å². The second-order valence-electron chi connectivity index (χ2n) is 5.75. The maximum Gasteiger partial charge on any atom is 0.265 e. The Labute approximate surface area is 156 Å². The minimum atomic E-state index is -3.37. The van der Waals surface area contributed by atoms with Crippen molar-refractivity contribution in [1.29, 1.82) is 0 Å². The first-order chi connectivity index (χ1) is 12.3. The van der Waals surface area contributed by atoms with Gasteiger partial charge in [-0.3, -0.25) is 14.5 Å². The number of aromatic nitrogens is 1. The van der Waals surface area contributed by atoms with Gasteiger partial charge < -0.3 is 5.32 Å². The number of nitrogens with zero attached hydrogens (tertiary/aromatic N) is 1. The van der Waals surface area contributed by atoms with Gasteiger partial charge in [0.25, 0.3) is 5.91 Å². The van der Waals surface area contributed by atoms with E-state index in [2.05, 4.69) is 15.0 Å². The minimum absolute atomic E-state index is 0.251. The highest BCUT2D eigenvalue weighted by molar-refractivity contribution is 7.92. The van der Waals surface area contributed by atoms with E-state index in [9.17, 15) is 13.2 Å². The van der Waals surface area contributed by atoms with Gasteiger partial charge >= 0.3 is 0 Å². The van der Waals surface area contributed by atoms with Gasteiger partial charge in [-0.2, -0.15) is 0 Å². The van der Waals surface area contributed by atoms with Gasteiger partial charge in [-0.05, 0) is 48.2 Å². The predicted molar refractivity (Wildman–Crippen MR) is 105 cm³/mol. The van der Waals surface area contributed by atoms with Gasteiger partial charge in [-0.15, -0.1) is 11.3 Å². The summed E-state index contributed by atoms with van der Waals surface area (Å²) in [5.74, 6) is -0.251. The standard InChI is InChI=1S/C18H17N3O3S2/c1-12-16(7-4-8-19-12)13-9-17(25-11-13)18(22)20-14-5-3-6-15(10-14)21-26(2,23)24/h3-11,21H,1-2H3,(H,20,22). The Morgan fingerprint density at radius 2 is 1.88 bits per heavy atom. The Morgan fingerprint density at radius 3 is 2.62 bits per heavy atom. The lowest BCUT2D eigenvalue weighted by molar-refractivity contribution is 0.103. The molecule has 8 heteroatoms. The molecule has 0 atom stereocenters. The van der Waals surface area contributed by atoms with Gasteiger partial charge in [0.1, 0.15) is 0 Å². The lowest BCUT2D eigenvalue weighted by Gasteiger charge is -2.07. The van der Waals surface area contributed by atoms with E-state index in [4.69, 9.17) is 0 Å². The summed E-state index contributed by atoms with van der Waals surface area (Å²) in [7, 11) is -3.37. The smallest absolute Gasteiger partial charge is 0.265 e. The van der Waals surface area contributed by atoms with Gasteiger partial charge in [-0.1, -0.05) is 12.1 Å². The van der Waals surface area contributed by atoms with Gasteiger partial charge in [0, 0.05) is 23.1 Å². The van der Waals surface area contributed by atoms with Crippen LogP contribution in [0.1, 0.15) is 15.4 Å². The van der Waals surface area contributed by atoms with Crippen LogP contribution in [0.3, 0.4) is 0 Å². The monoisotopic (exact) mass is 387 g/mol. The molecule has 3 rings (SSSR count). The minimum Gasteiger partial charge on any atom is -0.321 e. The summed E-state index contributed by atoms with van der Waals surface area (Å²) >= 11 is 1.34. The normalized spacial score (nSPS) is 11.2. The van der Waals surface area contributed by atoms with Crippen LogP contribution in [0.4, 0.5) is 11.4 Å². The van der Waals surface area contributed by atoms with Crippen LogP contribution in [-0.2, 0) is 10.0 Å². The highest BCUT2D eigenvalue weighted by Gasteiger charge is 2.12. The van der Waals surface area contributed by atoms with Crippen molar-refractivity contribution in [3.63, 3.8) is 0 Å². The molecule has 0 unspecified atom stereocenters. The van der Waals surface area contributed by atoms with Crippen LogP contribution in [0, 0.1) is 6.92 Å². The number of pyridine rings is 1. The van der Waals surface area contributed by atoms with Gasteiger partial charge in [0.05, 0.1) is 16.8 Å². The number of sulfonamides is 1. The first-order valence-corrected chi connectivity index (χ1v) is 10.5. The van der Waals surface area contributed by atoms with Crippen molar-refractivity contribution in [2.75, 3.05) is 16.3 Å². The predicted octanol–water partition coefficient (Wildman–Crippen LogP) is 3.74. The SMILES string of the molecule is Cc1ncccc1-c1csc(C(=O)Nc2cccc(NS(C)(=O)=O)c2)c1. The first kappa shape index (κ1) is 18.1. The zero-order valence-corrected chi connectivity index (χ0v) is 15.8. The largest absolute Gasteiger partial charge is 0.321 e. The molecule has 0 spiro atoms. The fourth-order valence-corrected chi connectivity index (χ4v) is 3.81. The summed E-state index contributed by atoms with van der Waals surface area (Å²) in [4.78, 5) is 17.3. The summed E-state index contributed by atoms with van der Waals surface area (Å²) in [5.41, 5.74) is 3.73. The number of carbonyl (C=O) groups is 1. The topological polar surface area (TPSA) is 88.2 Å². The number of aryl methyl sites for hydroxylation is 1. The molecule has 0 radical (unpaired) electrons. The number of benzene rings is 1. The lowest BCUT2D eigenvalue weighted by atomic mass is 10.1. The van der Waals surface area contributed by atoms with Crippen LogP contribution in [-0.4, -0.2) is 25.6 Å². The second kappa shape index (κ2) is 7.27. The van der Waals surface area contributed by atoms with Crippen molar-refractivity contribution in [3.05, 3.63) is 64.6 Å². The molecule has 134 valence electrons. The van der Waals surface area contributed by atoms with Crippen LogP contribution in [0.5, 0.6) is 0 Å². The Kier molecular flexibility index (Phi) is 5.06. The number of carbonyl (C=O) groups excluding carboxylic acids is 1. The van der Waals surface area contributed by atoms with Gasteiger partial charge in [0.2, 0.25) is 10.0 Å². The molecule has 26 heavy (non-hydrogen) atoms. The average Bonchev–Trinajstić information content (AvgIpc) is 3.04. The quantitative estimate of drug-likeness (QED) is 0.698. The molecule has 0 saturated heterocycles. The number of thiophene rings is 1. The third-order valence-corrected chi connectivity index (χ3v) is 5.10. The highest BCUT2D eigenvalue weighted by Crippen LogP contribution is 2.28. The van der Waals surface area contributed by atoms with Gasteiger partial charge in [0.15, 0.2) is 0 Å². The third-order valence-electron chi connectivity index (χ3n) is 3.56. The lowest BCUT2D eigenvalue weighted by Crippen LogP contribution is -2.12. The second-order valence-corrected chi connectivity index (χ2v) is 8.40. The molecular formula is C18H17N3O3S2. The molecular weight excluding hydrogens is 370 g/mol. The summed E-state index contributed by atoms with van der Waals surface area (Å²) in [6.45, 7) is 1.92. The highest BCUT2D eigenvalue weighted by atomic mass is 32.2. The fraction of sp³-hybridized carbons (Fsp3) is 0.111. The van der Waals surface area contributed by atoms with Crippen LogP contribution in [0.2, 0.25) is 0 Å². The number of hydrogen-bond acceptors (Lipinski definition) is 5. The summed E-state index contributed by atoms with van der Waals surface area (Å²) < 4.78 is 25.0. The van der Waals surface area contributed by atoms with E-state index in [1.54, 1.807) is 30.5 Å². The molecule has 2 heterocycles. The van der Waals surface area contributed by atoms with Crippen molar-refractivity contribution in [2.24, 2.45) is 0 Å². The Hall–Kier alpha value is -2.71. The van der Waals surface area contributed by atoms with E-state index in [1.165, 1.54) is 11.3 Å². The van der Waals surface area contributed by atoms with Crippen molar-refractivity contribution in [3.8, 4) is 11.1 Å².